The molecular formula is C25H37N7. The first-order chi connectivity index (χ1) is 15.8. The largest absolute Gasteiger partial charge is 0.370 e. The Bertz CT molecular complexity index is 936. The van der Waals surface area contributed by atoms with E-state index >= 15 is 0 Å². The van der Waals surface area contributed by atoms with Gasteiger partial charge in [0.05, 0.1) is 5.69 Å². The van der Waals surface area contributed by atoms with Crippen molar-refractivity contribution in [3.05, 3.63) is 29.6 Å². The Hall–Kier alpha value is -2.15. The minimum absolute atomic E-state index is 0.519. The van der Waals surface area contributed by atoms with Crippen LogP contribution in [0.25, 0.3) is 0 Å². The SMILES string of the molecule is CC1CCNc2ncnc(N3CCC(c4nc(C5CC5)cn4CCN4CCCC4)CC3)c21. The van der Waals surface area contributed by atoms with Crippen LogP contribution in [0.3, 0.4) is 0 Å². The third-order valence-corrected chi connectivity index (χ3v) is 8.06. The average molecular weight is 436 g/mol. The summed E-state index contributed by atoms with van der Waals surface area (Å²) in [5, 5.41) is 3.48. The van der Waals surface area contributed by atoms with Gasteiger partial charge in [0.25, 0.3) is 0 Å². The maximum Gasteiger partial charge on any atom is 0.137 e. The number of hydrogen-bond acceptors (Lipinski definition) is 6. The summed E-state index contributed by atoms with van der Waals surface area (Å²) in [6.07, 6.45) is 13.0. The lowest BCUT2D eigenvalue weighted by atomic mass is 9.92. The van der Waals surface area contributed by atoms with Gasteiger partial charge >= 0.3 is 0 Å². The van der Waals surface area contributed by atoms with E-state index in [4.69, 9.17) is 9.97 Å². The van der Waals surface area contributed by atoms with Gasteiger partial charge in [-0.3, -0.25) is 0 Å². The molecule has 3 fully saturated rings. The number of imidazole rings is 1. The zero-order chi connectivity index (χ0) is 21.5. The van der Waals surface area contributed by atoms with Gasteiger partial charge in [0.15, 0.2) is 0 Å². The minimum Gasteiger partial charge on any atom is -0.370 e. The Labute approximate surface area is 191 Å². The highest BCUT2D eigenvalue weighted by atomic mass is 15.2. The van der Waals surface area contributed by atoms with Gasteiger partial charge in [-0.15, -0.1) is 0 Å². The van der Waals surface area contributed by atoms with Crippen LogP contribution in [0.2, 0.25) is 0 Å². The molecule has 2 aromatic rings. The molecule has 0 radical (unpaired) electrons. The van der Waals surface area contributed by atoms with Crippen molar-refractivity contribution in [2.75, 3.05) is 49.5 Å². The molecule has 4 aliphatic rings. The van der Waals surface area contributed by atoms with E-state index in [1.165, 1.54) is 62.4 Å². The summed E-state index contributed by atoms with van der Waals surface area (Å²) >= 11 is 0. The fraction of sp³-hybridized carbons (Fsp3) is 0.720. The van der Waals surface area contributed by atoms with E-state index in [2.05, 4.69) is 37.8 Å². The summed E-state index contributed by atoms with van der Waals surface area (Å²) in [6, 6.07) is 0. The number of likely N-dealkylation sites (tertiary alicyclic amines) is 1. The second kappa shape index (κ2) is 8.65. The van der Waals surface area contributed by atoms with Gasteiger partial charge in [0.2, 0.25) is 0 Å². The predicted molar refractivity (Wildman–Crippen MR) is 128 cm³/mol. The third-order valence-electron chi connectivity index (χ3n) is 8.06. The Morgan fingerprint density at radius 1 is 0.938 bits per heavy atom. The summed E-state index contributed by atoms with van der Waals surface area (Å²) < 4.78 is 2.52. The van der Waals surface area contributed by atoms with Crippen LogP contribution in [0.15, 0.2) is 12.5 Å². The van der Waals surface area contributed by atoms with Crippen LogP contribution in [-0.2, 0) is 6.54 Å². The van der Waals surface area contributed by atoms with Crippen molar-refractivity contribution < 1.29 is 0 Å². The Morgan fingerprint density at radius 2 is 1.75 bits per heavy atom. The van der Waals surface area contributed by atoms with Gasteiger partial charge < -0.3 is 19.7 Å². The molecule has 1 aliphatic carbocycles. The topological polar surface area (TPSA) is 62.1 Å². The molecule has 172 valence electrons. The van der Waals surface area contributed by atoms with Crippen molar-refractivity contribution in [3.63, 3.8) is 0 Å². The number of anilines is 2. The summed E-state index contributed by atoms with van der Waals surface area (Å²) in [4.78, 5) is 19.6. The lowest BCUT2D eigenvalue weighted by Crippen LogP contribution is -2.36. The van der Waals surface area contributed by atoms with Crippen molar-refractivity contribution in [2.45, 2.75) is 76.2 Å². The molecule has 1 N–H and O–H groups in total. The van der Waals surface area contributed by atoms with Crippen LogP contribution < -0.4 is 10.2 Å². The van der Waals surface area contributed by atoms with E-state index in [9.17, 15) is 0 Å². The fourth-order valence-corrected chi connectivity index (χ4v) is 5.92. The standard InChI is InChI=1S/C25H37N7/c1-18-6-9-26-23-22(18)25(28-17-27-23)31-12-7-20(8-13-31)24-29-21(19-4-5-19)16-32(24)15-14-30-10-2-3-11-30/h16-20H,2-15H2,1H3,(H,26,27,28). The fourth-order valence-electron chi connectivity index (χ4n) is 5.92. The second-order valence-electron chi connectivity index (χ2n) is 10.4. The van der Waals surface area contributed by atoms with E-state index in [0.717, 1.165) is 63.0 Å². The molecule has 5 heterocycles. The van der Waals surface area contributed by atoms with E-state index in [1.54, 1.807) is 6.33 Å². The molecule has 1 unspecified atom stereocenters. The number of nitrogens with one attached hydrogen (secondary N) is 1. The monoisotopic (exact) mass is 435 g/mol. The normalized spacial score (nSPS) is 24.5. The van der Waals surface area contributed by atoms with Crippen LogP contribution >= 0.6 is 0 Å². The molecule has 2 saturated heterocycles. The number of piperidine rings is 1. The zero-order valence-electron chi connectivity index (χ0n) is 19.5. The molecule has 2 aromatic heterocycles. The highest BCUT2D eigenvalue weighted by molar-refractivity contribution is 5.62. The molecule has 1 atom stereocenters. The molecule has 1 saturated carbocycles. The summed E-state index contributed by atoms with van der Waals surface area (Å²) in [6.45, 7) is 10.2. The molecule has 0 bridgehead atoms. The smallest absolute Gasteiger partial charge is 0.137 e. The molecule has 3 aliphatic heterocycles. The molecule has 7 heteroatoms. The van der Waals surface area contributed by atoms with Crippen molar-refractivity contribution in [2.24, 2.45) is 0 Å². The van der Waals surface area contributed by atoms with Crippen LogP contribution in [0.5, 0.6) is 0 Å². The van der Waals surface area contributed by atoms with E-state index in [0.29, 0.717) is 11.8 Å². The number of aromatic nitrogens is 4. The van der Waals surface area contributed by atoms with Gasteiger partial charge in [-0.25, -0.2) is 15.0 Å². The highest BCUT2D eigenvalue weighted by Crippen LogP contribution is 2.41. The van der Waals surface area contributed by atoms with E-state index in [-0.39, 0.29) is 0 Å². The van der Waals surface area contributed by atoms with Gasteiger partial charge in [0, 0.05) is 56.3 Å². The molecule has 32 heavy (non-hydrogen) atoms. The molecule has 0 spiro atoms. The van der Waals surface area contributed by atoms with Crippen LogP contribution in [0.4, 0.5) is 11.6 Å². The number of rotatable bonds is 6. The molecular weight excluding hydrogens is 398 g/mol. The van der Waals surface area contributed by atoms with Crippen LogP contribution in [-0.4, -0.2) is 63.7 Å². The first-order valence-corrected chi connectivity index (χ1v) is 12.9. The molecule has 7 nitrogen and oxygen atoms in total. The third kappa shape index (κ3) is 4.00. The summed E-state index contributed by atoms with van der Waals surface area (Å²) in [5.41, 5.74) is 2.67. The maximum absolute atomic E-state index is 5.21. The van der Waals surface area contributed by atoms with Crippen LogP contribution in [0, 0.1) is 0 Å². The Balaban J connectivity index is 1.17. The maximum atomic E-state index is 5.21. The lowest BCUT2D eigenvalue weighted by Gasteiger charge is -2.36. The average Bonchev–Trinajstić information content (AvgIpc) is 3.37. The highest BCUT2D eigenvalue weighted by Gasteiger charge is 2.32. The first kappa shape index (κ1) is 20.5. The van der Waals surface area contributed by atoms with Crippen molar-refractivity contribution in [1.82, 2.24) is 24.4 Å². The van der Waals surface area contributed by atoms with E-state index < -0.39 is 0 Å². The summed E-state index contributed by atoms with van der Waals surface area (Å²) in [5.74, 6) is 5.36. The van der Waals surface area contributed by atoms with Gasteiger partial charge in [-0.1, -0.05) is 6.92 Å². The summed E-state index contributed by atoms with van der Waals surface area (Å²) in [7, 11) is 0. The zero-order valence-corrected chi connectivity index (χ0v) is 19.5. The molecule has 0 aromatic carbocycles. The van der Waals surface area contributed by atoms with E-state index in [1.807, 2.05) is 0 Å². The minimum atomic E-state index is 0.519. The number of nitrogens with zero attached hydrogens (tertiary/aromatic N) is 6. The molecule has 0 amide bonds. The van der Waals surface area contributed by atoms with Gasteiger partial charge in [0.1, 0.15) is 23.8 Å². The number of fused-ring (bicyclic) bond motifs is 1. The van der Waals surface area contributed by atoms with Crippen molar-refractivity contribution in [3.8, 4) is 0 Å². The first-order valence-electron chi connectivity index (χ1n) is 12.9. The Morgan fingerprint density at radius 3 is 2.53 bits per heavy atom. The van der Waals surface area contributed by atoms with Gasteiger partial charge in [-0.05, 0) is 64.0 Å². The quantitative estimate of drug-likeness (QED) is 0.741. The van der Waals surface area contributed by atoms with Gasteiger partial charge in [-0.2, -0.15) is 0 Å². The number of hydrogen-bond donors (Lipinski definition) is 1. The predicted octanol–water partition coefficient (Wildman–Crippen LogP) is 3.95. The van der Waals surface area contributed by atoms with Crippen LogP contribution in [0.1, 0.15) is 86.7 Å². The Kier molecular flexibility index (Phi) is 5.53. The second-order valence-corrected chi connectivity index (χ2v) is 10.4. The van der Waals surface area contributed by atoms with Crippen molar-refractivity contribution in [1.29, 1.82) is 0 Å². The van der Waals surface area contributed by atoms with Crippen molar-refractivity contribution >= 4 is 11.6 Å². The molecule has 6 rings (SSSR count). The lowest BCUT2D eigenvalue weighted by molar-refractivity contribution is 0.317.